The van der Waals surface area contributed by atoms with Crippen LogP contribution in [0.25, 0.3) is 0 Å². The average molecular weight is 216 g/mol. The molecular weight excluding hydrogens is 200 g/mol. The van der Waals surface area contributed by atoms with Crippen LogP contribution in [0.15, 0.2) is 45.9 Å². The molecule has 1 heteroatoms. The molecule has 0 saturated carbocycles. The van der Waals surface area contributed by atoms with E-state index in [1.54, 1.807) is 10.5 Å². The molecule has 0 aromatic carbocycles. The van der Waals surface area contributed by atoms with Crippen molar-refractivity contribution in [1.29, 1.82) is 0 Å². The number of hydrogen-bond donors (Lipinski definition) is 0. The second-order valence-corrected chi connectivity index (χ2v) is 5.79. The Morgan fingerprint density at radius 3 is 3.07 bits per heavy atom. The van der Waals surface area contributed by atoms with Crippen LogP contribution in [0.4, 0.5) is 0 Å². The van der Waals surface area contributed by atoms with E-state index in [1.807, 2.05) is 0 Å². The summed E-state index contributed by atoms with van der Waals surface area (Å²) in [5.41, 5.74) is 4.75. The van der Waals surface area contributed by atoms with Crippen molar-refractivity contribution in [1.82, 2.24) is 0 Å². The van der Waals surface area contributed by atoms with Gasteiger partial charge in [-0.2, -0.15) is 0 Å². The van der Waals surface area contributed by atoms with Gasteiger partial charge in [-0.1, -0.05) is 29.9 Å². The van der Waals surface area contributed by atoms with Gasteiger partial charge < -0.3 is 0 Å². The van der Waals surface area contributed by atoms with Crippen molar-refractivity contribution < 1.29 is 0 Å². The van der Waals surface area contributed by atoms with Crippen molar-refractivity contribution >= 4 is 11.8 Å². The lowest BCUT2D eigenvalue weighted by Crippen LogP contribution is -2.16. The van der Waals surface area contributed by atoms with Crippen LogP contribution < -0.4 is 0 Å². The minimum atomic E-state index is 0.693. The monoisotopic (exact) mass is 216 g/mol. The van der Waals surface area contributed by atoms with E-state index in [2.05, 4.69) is 49.9 Å². The molecule has 0 nitrogen and oxygen atoms in total. The number of fused-ring (bicyclic) bond motifs is 2. The number of rotatable bonds is 0. The van der Waals surface area contributed by atoms with E-state index in [1.165, 1.54) is 24.0 Å². The second kappa shape index (κ2) is 3.41. The van der Waals surface area contributed by atoms with Crippen LogP contribution in [-0.2, 0) is 0 Å². The molecule has 0 spiro atoms. The van der Waals surface area contributed by atoms with Gasteiger partial charge in [0.25, 0.3) is 0 Å². The van der Waals surface area contributed by atoms with E-state index in [0.29, 0.717) is 11.2 Å². The highest BCUT2D eigenvalue weighted by Crippen LogP contribution is 2.52. The molecule has 0 amide bonds. The largest absolute Gasteiger partial charge is 0.117 e. The molecule has 0 fully saturated rings. The van der Waals surface area contributed by atoms with Crippen LogP contribution in [0.2, 0.25) is 0 Å². The number of hydrogen-bond acceptors (Lipinski definition) is 1. The summed E-state index contributed by atoms with van der Waals surface area (Å²) in [6.07, 6.45) is 11.8. The zero-order valence-corrected chi connectivity index (χ0v) is 10.1. The molecule has 2 atom stereocenters. The molecule has 0 bridgehead atoms. The Labute approximate surface area is 95.8 Å². The topological polar surface area (TPSA) is 0 Å². The Morgan fingerprint density at radius 1 is 1.33 bits per heavy atom. The number of thioether (sulfide) groups is 1. The molecule has 2 aliphatic carbocycles. The summed E-state index contributed by atoms with van der Waals surface area (Å²) in [5, 5.41) is 0.696. The van der Waals surface area contributed by atoms with Gasteiger partial charge in [0.1, 0.15) is 0 Å². The minimum absolute atomic E-state index is 0.693. The van der Waals surface area contributed by atoms with Crippen molar-refractivity contribution in [3.63, 3.8) is 0 Å². The molecule has 3 rings (SSSR count). The predicted molar refractivity (Wildman–Crippen MR) is 67.8 cm³/mol. The first-order valence-corrected chi connectivity index (χ1v) is 6.57. The smallest absolute Gasteiger partial charge is 0.0405 e. The van der Waals surface area contributed by atoms with Crippen molar-refractivity contribution in [2.75, 3.05) is 0 Å². The molecule has 0 N–H and O–H groups in total. The van der Waals surface area contributed by atoms with Crippen LogP contribution >= 0.6 is 11.8 Å². The fraction of sp³-hybridized carbons (Fsp3) is 0.429. The Kier molecular flexibility index (Phi) is 2.17. The van der Waals surface area contributed by atoms with Gasteiger partial charge in [0, 0.05) is 16.1 Å². The maximum absolute atomic E-state index is 2.39. The summed E-state index contributed by atoms with van der Waals surface area (Å²) in [6, 6.07) is 0. The van der Waals surface area contributed by atoms with Crippen LogP contribution in [0, 0.1) is 5.92 Å². The van der Waals surface area contributed by atoms with Gasteiger partial charge >= 0.3 is 0 Å². The molecule has 2 unspecified atom stereocenters. The Balaban J connectivity index is 2.02. The summed E-state index contributed by atoms with van der Waals surface area (Å²) in [5.74, 6) is 0.693. The van der Waals surface area contributed by atoms with Gasteiger partial charge in [0.2, 0.25) is 0 Å². The maximum atomic E-state index is 2.39. The van der Waals surface area contributed by atoms with E-state index >= 15 is 0 Å². The molecule has 0 radical (unpaired) electrons. The second-order valence-electron chi connectivity index (χ2n) is 4.64. The lowest BCUT2D eigenvalue weighted by Gasteiger charge is -2.22. The van der Waals surface area contributed by atoms with Gasteiger partial charge in [0.05, 0.1) is 0 Å². The van der Waals surface area contributed by atoms with E-state index < -0.39 is 0 Å². The van der Waals surface area contributed by atoms with Gasteiger partial charge in [-0.25, -0.2) is 0 Å². The lowest BCUT2D eigenvalue weighted by atomic mass is 9.83. The van der Waals surface area contributed by atoms with Crippen molar-refractivity contribution in [2.24, 2.45) is 5.92 Å². The molecule has 78 valence electrons. The van der Waals surface area contributed by atoms with Crippen molar-refractivity contribution in [3.05, 3.63) is 45.9 Å². The van der Waals surface area contributed by atoms with Gasteiger partial charge in [-0.05, 0) is 37.8 Å². The van der Waals surface area contributed by atoms with Gasteiger partial charge in [-0.3, -0.25) is 0 Å². The van der Waals surface area contributed by atoms with Crippen molar-refractivity contribution in [2.45, 2.75) is 31.9 Å². The molecule has 15 heavy (non-hydrogen) atoms. The van der Waals surface area contributed by atoms with E-state index in [-0.39, 0.29) is 0 Å². The van der Waals surface area contributed by atoms with Crippen LogP contribution in [-0.4, -0.2) is 5.25 Å². The first kappa shape index (κ1) is 9.53. The van der Waals surface area contributed by atoms with Gasteiger partial charge in [0.15, 0.2) is 0 Å². The SMILES string of the molecule is CC1=CCCC2=C1SC1C(C)=CC=CC21. The normalized spacial score (nSPS) is 33.5. The Hall–Kier alpha value is -0.690. The zero-order chi connectivity index (χ0) is 10.4. The third-order valence-electron chi connectivity index (χ3n) is 3.61. The summed E-state index contributed by atoms with van der Waals surface area (Å²) < 4.78 is 0. The Bertz CT molecular complexity index is 421. The van der Waals surface area contributed by atoms with Gasteiger partial charge in [-0.15, -0.1) is 11.8 Å². The maximum Gasteiger partial charge on any atom is 0.0405 e. The van der Waals surface area contributed by atoms with E-state index in [0.717, 1.165) is 0 Å². The fourth-order valence-corrected chi connectivity index (χ4v) is 4.37. The zero-order valence-electron chi connectivity index (χ0n) is 9.29. The highest BCUT2D eigenvalue weighted by Gasteiger charge is 2.36. The van der Waals surface area contributed by atoms with E-state index in [9.17, 15) is 0 Å². The summed E-state index contributed by atoms with van der Waals surface area (Å²) in [6.45, 7) is 4.53. The quantitative estimate of drug-likeness (QED) is 0.584. The summed E-state index contributed by atoms with van der Waals surface area (Å²) >= 11 is 2.09. The molecule has 1 aliphatic heterocycles. The van der Waals surface area contributed by atoms with Crippen LogP contribution in [0.5, 0.6) is 0 Å². The highest BCUT2D eigenvalue weighted by molar-refractivity contribution is 8.04. The molecule has 0 aromatic heterocycles. The summed E-state index contributed by atoms with van der Waals surface area (Å²) in [7, 11) is 0. The van der Waals surface area contributed by atoms with Crippen LogP contribution in [0.3, 0.4) is 0 Å². The third-order valence-corrected chi connectivity index (χ3v) is 5.35. The molecule has 0 saturated heterocycles. The van der Waals surface area contributed by atoms with Crippen LogP contribution in [0.1, 0.15) is 26.7 Å². The predicted octanol–water partition coefficient (Wildman–Crippen LogP) is 4.23. The average Bonchev–Trinajstić information content (AvgIpc) is 2.60. The molecule has 1 heterocycles. The standard InChI is InChI=1S/C14H16S/c1-9-5-3-7-11-12-8-4-6-10(2)14(12)15-13(9)11/h3,5-7,11,13H,4,8H2,1-2H3. The minimum Gasteiger partial charge on any atom is -0.117 e. The molecular formula is C14H16S. The first-order valence-electron chi connectivity index (χ1n) is 5.69. The lowest BCUT2D eigenvalue weighted by molar-refractivity contribution is 0.714. The van der Waals surface area contributed by atoms with Crippen molar-refractivity contribution in [3.8, 4) is 0 Å². The Morgan fingerprint density at radius 2 is 2.20 bits per heavy atom. The fourth-order valence-electron chi connectivity index (χ4n) is 2.79. The molecule has 0 aromatic rings. The van der Waals surface area contributed by atoms with E-state index in [4.69, 9.17) is 0 Å². The molecule has 3 aliphatic rings. The third kappa shape index (κ3) is 1.37. The highest BCUT2D eigenvalue weighted by atomic mass is 32.2. The first-order chi connectivity index (χ1) is 7.27. The number of allylic oxidation sites excluding steroid dienone is 6. The summed E-state index contributed by atoms with van der Waals surface area (Å²) in [4.78, 5) is 1.59.